The molecule has 0 aromatic heterocycles. The molecule has 0 aliphatic heterocycles. The molecule has 3 N–H and O–H groups in total. The first-order valence-electron chi connectivity index (χ1n) is 3.89. The summed E-state index contributed by atoms with van der Waals surface area (Å²) in [5.41, 5.74) is 6.08. The van der Waals surface area contributed by atoms with E-state index in [2.05, 4.69) is 0 Å². The summed E-state index contributed by atoms with van der Waals surface area (Å²) in [6.07, 6.45) is 0.682. The molecule has 0 aliphatic rings. The molecule has 0 fully saturated rings. The molecular formula is C9H12FNO. The van der Waals surface area contributed by atoms with Crippen molar-refractivity contribution in [2.75, 3.05) is 0 Å². The highest BCUT2D eigenvalue weighted by Gasteiger charge is 2.09. The van der Waals surface area contributed by atoms with Gasteiger partial charge in [0.05, 0.1) is 0 Å². The molecule has 1 atom stereocenters. The Bertz CT molecular complexity index is 275. The minimum absolute atomic E-state index is 0.0699. The van der Waals surface area contributed by atoms with Gasteiger partial charge in [-0.25, -0.2) is 4.39 Å². The average molecular weight is 169 g/mol. The fourth-order valence-electron chi connectivity index (χ4n) is 1.04. The van der Waals surface area contributed by atoms with E-state index in [1.165, 1.54) is 12.1 Å². The van der Waals surface area contributed by atoms with Crippen LogP contribution in [0.2, 0.25) is 0 Å². The standard InChI is InChI=1S/C9H12FNO/c1-2-9(11)7-4-3-6(12)5-8(7)10/h3-5,9,12H,2,11H2,1H3/t9-/m0/s1. The van der Waals surface area contributed by atoms with Crippen LogP contribution in [0.15, 0.2) is 18.2 Å². The van der Waals surface area contributed by atoms with Crippen LogP contribution in [0, 0.1) is 5.82 Å². The van der Waals surface area contributed by atoms with E-state index in [0.717, 1.165) is 6.07 Å². The molecule has 3 heteroatoms. The van der Waals surface area contributed by atoms with E-state index in [-0.39, 0.29) is 11.8 Å². The molecule has 12 heavy (non-hydrogen) atoms. The summed E-state index contributed by atoms with van der Waals surface area (Å²) < 4.78 is 13.0. The summed E-state index contributed by atoms with van der Waals surface area (Å²) in [6.45, 7) is 1.89. The van der Waals surface area contributed by atoms with Gasteiger partial charge in [0.25, 0.3) is 0 Å². The molecule has 1 aromatic carbocycles. The van der Waals surface area contributed by atoms with Gasteiger partial charge in [-0.2, -0.15) is 0 Å². The smallest absolute Gasteiger partial charge is 0.131 e. The molecule has 0 saturated heterocycles. The van der Waals surface area contributed by atoms with Gasteiger partial charge in [0.15, 0.2) is 0 Å². The molecule has 1 aromatic rings. The zero-order chi connectivity index (χ0) is 9.14. The molecule has 0 aliphatic carbocycles. The number of phenolic OH excluding ortho intramolecular Hbond substituents is 1. The van der Waals surface area contributed by atoms with Gasteiger partial charge in [-0.15, -0.1) is 0 Å². The van der Waals surface area contributed by atoms with E-state index in [0.29, 0.717) is 12.0 Å². The SMILES string of the molecule is CC[C@H](N)c1ccc(O)cc1F. The predicted octanol–water partition coefficient (Wildman–Crippen LogP) is 1.94. The Kier molecular flexibility index (Phi) is 2.65. The van der Waals surface area contributed by atoms with E-state index in [9.17, 15) is 4.39 Å². The van der Waals surface area contributed by atoms with E-state index in [1.807, 2.05) is 6.92 Å². The van der Waals surface area contributed by atoms with Crippen LogP contribution in [0.4, 0.5) is 4.39 Å². The van der Waals surface area contributed by atoms with Crippen molar-refractivity contribution in [3.8, 4) is 5.75 Å². The van der Waals surface area contributed by atoms with Gasteiger partial charge in [-0.1, -0.05) is 13.0 Å². The van der Waals surface area contributed by atoms with Crippen LogP contribution in [0.5, 0.6) is 5.75 Å². The fourth-order valence-corrected chi connectivity index (χ4v) is 1.04. The first kappa shape index (κ1) is 9.00. The third-order valence-corrected chi connectivity index (χ3v) is 1.82. The first-order chi connectivity index (χ1) is 5.65. The van der Waals surface area contributed by atoms with E-state index in [4.69, 9.17) is 10.8 Å². The lowest BCUT2D eigenvalue weighted by atomic mass is 10.1. The van der Waals surface area contributed by atoms with Crippen LogP contribution < -0.4 is 5.73 Å². The number of rotatable bonds is 2. The van der Waals surface area contributed by atoms with Crippen molar-refractivity contribution >= 4 is 0 Å². The Morgan fingerprint density at radius 3 is 2.75 bits per heavy atom. The Morgan fingerprint density at radius 1 is 1.58 bits per heavy atom. The molecule has 0 radical (unpaired) electrons. The zero-order valence-corrected chi connectivity index (χ0v) is 6.92. The van der Waals surface area contributed by atoms with Crippen LogP contribution in [-0.4, -0.2) is 5.11 Å². The van der Waals surface area contributed by atoms with Gasteiger partial charge < -0.3 is 10.8 Å². The number of aromatic hydroxyl groups is 1. The normalized spacial score (nSPS) is 12.9. The minimum atomic E-state index is -0.440. The highest BCUT2D eigenvalue weighted by molar-refractivity contribution is 5.29. The molecule has 0 heterocycles. The highest BCUT2D eigenvalue weighted by atomic mass is 19.1. The average Bonchev–Trinajstić information content (AvgIpc) is 2.03. The Hall–Kier alpha value is -1.09. The lowest BCUT2D eigenvalue weighted by Crippen LogP contribution is -2.10. The molecule has 2 nitrogen and oxygen atoms in total. The van der Waals surface area contributed by atoms with Gasteiger partial charge >= 0.3 is 0 Å². The molecule has 0 saturated carbocycles. The molecule has 1 rings (SSSR count). The van der Waals surface area contributed by atoms with Crippen molar-refractivity contribution in [1.29, 1.82) is 0 Å². The summed E-state index contributed by atoms with van der Waals surface area (Å²) in [7, 11) is 0. The number of halogens is 1. The third-order valence-electron chi connectivity index (χ3n) is 1.82. The fraction of sp³-hybridized carbons (Fsp3) is 0.333. The molecule has 0 spiro atoms. The molecule has 0 amide bonds. The summed E-state index contributed by atoms with van der Waals surface area (Å²) in [5, 5.41) is 8.91. The lowest BCUT2D eigenvalue weighted by Gasteiger charge is -2.09. The second kappa shape index (κ2) is 3.54. The Balaban J connectivity index is 3.01. The van der Waals surface area contributed by atoms with Crippen LogP contribution >= 0.6 is 0 Å². The minimum Gasteiger partial charge on any atom is -0.508 e. The summed E-state index contributed by atoms with van der Waals surface area (Å²) in [4.78, 5) is 0. The second-order valence-corrected chi connectivity index (χ2v) is 2.72. The summed E-state index contributed by atoms with van der Waals surface area (Å²) in [6, 6.07) is 3.74. The van der Waals surface area contributed by atoms with Gasteiger partial charge in [-0.05, 0) is 12.5 Å². The maximum atomic E-state index is 13.0. The Labute approximate surface area is 70.8 Å². The van der Waals surface area contributed by atoms with Crippen LogP contribution in [0.3, 0.4) is 0 Å². The van der Waals surface area contributed by atoms with E-state index in [1.54, 1.807) is 0 Å². The lowest BCUT2D eigenvalue weighted by molar-refractivity contribution is 0.466. The third kappa shape index (κ3) is 1.74. The van der Waals surface area contributed by atoms with Crippen LogP contribution in [0.25, 0.3) is 0 Å². The largest absolute Gasteiger partial charge is 0.508 e. The monoisotopic (exact) mass is 169 g/mol. The predicted molar refractivity (Wildman–Crippen MR) is 45.3 cm³/mol. The Morgan fingerprint density at radius 2 is 2.25 bits per heavy atom. The van der Waals surface area contributed by atoms with Crippen LogP contribution in [-0.2, 0) is 0 Å². The van der Waals surface area contributed by atoms with Crippen molar-refractivity contribution in [3.63, 3.8) is 0 Å². The number of benzene rings is 1. The topological polar surface area (TPSA) is 46.2 Å². The van der Waals surface area contributed by atoms with E-state index >= 15 is 0 Å². The number of hydrogen-bond acceptors (Lipinski definition) is 2. The van der Waals surface area contributed by atoms with Crippen LogP contribution in [0.1, 0.15) is 24.9 Å². The van der Waals surface area contributed by atoms with Crippen molar-refractivity contribution in [2.45, 2.75) is 19.4 Å². The van der Waals surface area contributed by atoms with Crippen molar-refractivity contribution in [3.05, 3.63) is 29.6 Å². The van der Waals surface area contributed by atoms with Gasteiger partial charge in [0, 0.05) is 17.7 Å². The van der Waals surface area contributed by atoms with Crippen molar-refractivity contribution in [2.24, 2.45) is 5.73 Å². The maximum absolute atomic E-state index is 13.0. The zero-order valence-electron chi connectivity index (χ0n) is 6.92. The highest BCUT2D eigenvalue weighted by Crippen LogP contribution is 2.21. The molecule has 0 unspecified atom stereocenters. The van der Waals surface area contributed by atoms with Gasteiger partial charge in [-0.3, -0.25) is 0 Å². The number of phenols is 1. The van der Waals surface area contributed by atoms with Crippen molar-refractivity contribution < 1.29 is 9.50 Å². The molecular weight excluding hydrogens is 157 g/mol. The number of nitrogens with two attached hydrogens (primary N) is 1. The van der Waals surface area contributed by atoms with Gasteiger partial charge in [0.1, 0.15) is 11.6 Å². The summed E-state index contributed by atoms with van der Waals surface area (Å²) in [5.74, 6) is -0.510. The quantitative estimate of drug-likeness (QED) is 0.710. The first-order valence-corrected chi connectivity index (χ1v) is 3.89. The van der Waals surface area contributed by atoms with E-state index < -0.39 is 5.82 Å². The maximum Gasteiger partial charge on any atom is 0.131 e. The number of hydrogen-bond donors (Lipinski definition) is 2. The van der Waals surface area contributed by atoms with Gasteiger partial charge in [0.2, 0.25) is 0 Å². The molecule has 0 bridgehead atoms. The summed E-state index contributed by atoms with van der Waals surface area (Å²) >= 11 is 0. The second-order valence-electron chi connectivity index (χ2n) is 2.72. The van der Waals surface area contributed by atoms with Crippen molar-refractivity contribution in [1.82, 2.24) is 0 Å². The molecule has 66 valence electrons.